The number of hydrogen-bond acceptors (Lipinski definition) is 5. The van der Waals surface area contributed by atoms with Gasteiger partial charge in [0.2, 0.25) is 17.6 Å². The molecule has 2 amide bonds. The highest BCUT2D eigenvalue weighted by Gasteiger charge is 2.30. The zero-order valence-electron chi connectivity index (χ0n) is 16.5. The molecule has 3 rings (SSSR count). The summed E-state index contributed by atoms with van der Waals surface area (Å²) in [6.45, 7) is 1.36. The van der Waals surface area contributed by atoms with Crippen molar-refractivity contribution in [2.75, 3.05) is 11.9 Å². The fourth-order valence-corrected chi connectivity index (χ4v) is 2.77. The molecular formula is C20H19F3N6O2. The lowest BCUT2D eigenvalue weighted by atomic mass is 10.1. The summed E-state index contributed by atoms with van der Waals surface area (Å²) in [4.78, 5) is 25.1. The van der Waals surface area contributed by atoms with E-state index in [1.165, 1.54) is 12.1 Å². The molecule has 2 N–H and O–H groups in total. The molecule has 162 valence electrons. The standard InChI is InChI=1S/C20H19F3N6O2/c1-2-13-6-3-4-9-16(13)25-17(30)11-24-18(31)12-29-27-19(26-28-29)14-7-5-8-15(10-14)20(21,22)23/h3-10H,2,11-12H2,1H3,(H,24,31)(H,25,30). The number of hydrogen-bond donors (Lipinski definition) is 2. The first-order chi connectivity index (χ1) is 14.8. The molecular weight excluding hydrogens is 413 g/mol. The van der Waals surface area contributed by atoms with Gasteiger partial charge < -0.3 is 10.6 Å². The number of alkyl halides is 3. The number of rotatable bonds is 7. The summed E-state index contributed by atoms with van der Waals surface area (Å²) in [6, 6.07) is 11.8. The summed E-state index contributed by atoms with van der Waals surface area (Å²) >= 11 is 0. The van der Waals surface area contributed by atoms with Gasteiger partial charge in [0.05, 0.1) is 12.1 Å². The van der Waals surface area contributed by atoms with Gasteiger partial charge in [-0.2, -0.15) is 18.0 Å². The minimum Gasteiger partial charge on any atom is -0.345 e. The van der Waals surface area contributed by atoms with Crippen LogP contribution in [0.25, 0.3) is 11.4 Å². The molecule has 2 aromatic carbocycles. The molecule has 0 saturated carbocycles. The molecule has 0 spiro atoms. The number of benzene rings is 2. The van der Waals surface area contributed by atoms with Gasteiger partial charge in [-0.1, -0.05) is 37.3 Å². The molecule has 0 radical (unpaired) electrons. The molecule has 0 aliphatic heterocycles. The predicted octanol–water partition coefficient (Wildman–Crippen LogP) is 2.68. The lowest BCUT2D eigenvalue weighted by Crippen LogP contribution is -2.35. The topological polar surface area (TPSA) is 102 Å². The van der Waals surface area contributed by atoms with Gasteiger partial charge in [-0.3, -0.25) is 9.59 Å². The van der Waals surface area contributed by atoms with E-state index in [0.29, 0.717) is 5.69 Å². The van der Waals surface area contributed by atoms with Crippen molar-refractivity contribution in [1.82, 2.24) is 25.5 Å². The van der Waals surface area contributed by atoms with Gasteiger partial charge in [0.1, 0.15) is 6.54 Å². The average Bonchev–Trinajstić information content (AvgIpc) is 3.20. The number of amides is 2. The second kappa shape index (κ2) is 9.37. The highest BCUT2D eigenvalue weighted by molar-refractivity contribution is 5.95. The van der Waals surface area contributed by atoms with Crippen molar-refractivity contribution < 1.29 is 22.8 Å². The van der Waals surface area contributed by atoms with E-state index >= 15 is 0 Å². The van der Waals surface area contributed by atoms with Gasteiger partial charge in [-0.15, -0.1) is 10.2 Å². The number of tetrazole rings is 1. The summed E-state index contributed by atoms with van der Waals surface area (Å²) in [7, 11) is 0. The molecule has 11 heteroatoms. The van der Waals surface area contributed by atoms with E-state index in [4.69, 9.17) is 0 Å². The monoisotopic (exact) mass is 432 g/mol. The van der Waals surface area contributed by atoms with E-state index in [1.54, 1.807) is 12.1 Å². The third kappa shape index (κ3) is 5.87. The van der Waals surface area contributed by atoms with Crippen molar-refractivity contribution in [2.24, 2.45) is 0 Å². The van der Waals surface area contributed by atoms with Crippen LogP contribution in [-0.2, 0) is 28.7 Å². The van der Waals surface area contributed by atoms with Crippen LogP contribution in [0.1, 0.15) is 18.1 Å². The Labute approximate surface area is 175 Å². The molecule has 0 unspecified atom stereocenters. The number of aryl methyl sites for hydroxylation is 1. The van der Waals surface area contributed by atoms with Crippen LogP contribution in [-0.4, -0.2) is 38.6 Å². The van der Waals surface area contributed by atoms with Gasteiger partial charge in [0, 0.05) is 11.3 Å². The molecule has 8 nitrogen and oxygen atoms in total. The largest absolute Gasteiger partial charge is 0.416 e. The summed E-state index contributed by atoms with van der Waals surface area (Å²) in [6.07, 6.45) is -3.75. The lowest BCUT2D eigenvalue weighted by Gasteiger charge is -2.10. The second-order valence-electron chi connectivity index (χ2n) is 6.56. The van der Waals surface area contributed by atoms with Crippen LogP contribution >= 0.6 is 0 Å². The number of carbonyl (C=O) groups excluding carboxylic acids is 2. The minimum absolute atomic E-state index is 0.0483. The highest BCUT2D eigenvalue weighted by atomic mass is 19.4. The van der Waals surface area contributed by atoms with Crippen LogP contribution in [0.15, 0.2) is 48.5 Å². The number of nitrogens with one attached hydrogen (secondary N) is 2. The summed E-state index contributed by atoms with van der Waals surface area (Å²) < 4.78 is 38.5. The normalized spacial score (nSPS) is 11.2. The van der Waals surface area contributed by atoms with Crippen LogP contribution in [0.4, 0.5) is 18.9 Å². The van der Waals surface area contributed by atoms with Crippen LogP contribution < -0.4 is 10.6 Å². The zero-order chi connectivity index (χ0) is 22.4. The maximum atomic E-state index is 12.8. The Morgan fingerprint density at radius 1 is 1.06 bits per heavy atom. The van der Waals surface area contributed by atoms with E-state index in [-0.39, 0.29) is 24.5 Å². The van der Waals surface area contributed by atoms with Crippen molar-refractivity contribution in [3.63, 3.8) is 0 Å². The van der Waals surface area contributed by atoms with E-state index in [9.17, 15) is 22.8 Å². The summed E-state index contributed by atoms with van der Waals surface area (Å²) in [5.41, 5.74) is 0.925. The van der Waals surface area contributed by atoms with Crippen molar-refractivity contribution in [2.45, 2.75) is 26.1 Å². The van der Waals surface area contributed by atoms with Crippen molar-refractivity contribution in [3.05, 3.63) is 59.7 Å². The number of anilines is 1. The first kappa shape index (κ1) is 21.9. The SMILES string of the molecule is CCc1ccccc1NC(=O)CNC(=O)Cn1nnc(-c2cccc(C(F)(F)F)c2)n1. The van der Waals surface area contributed by atoms with Gasteiger partial charge in [-0.05, 0) is 35.4 Å². The molecule has 1 aromatic heterocycles. The Morgan fingerprint density at radius 2 is 1.84 bits per heavy atom. The Bertz CT molecular complexity index is 1080. The van der Waals surface area contributed by atoms with E-state index in [2.05, 4.69) is 26.0 Å². The van der Waals surface area contributed by atoms with E-state index in [1.807, 2.05) is 19.1 Å². The third-order valence-electron chi connectivity index (χ3n) is 4.30. The lowest BCUT2D eigenvalue weighted by molar-refractivity contribution is -0.137. The van der Waals surface area contributed by atoms with Gasteiger partial charge in [0.25, 0.3) is 0 Å². The van der Waals surface area contributed by atoms with Gasteiger partial charge >= 0.3 is 6.18 Å². The summed E-state index contributed by atoms with van der Waals surface area (Å²) in [5.74, 6) is -0.995. The van der Waals surface area contributed by atoms with Crippen LogP contribution in [0.5, 0.6) is 0 Å². The van der Waals surface area contributed by atoms with Crippen LogP contribution in [0.3, 0.4) is 0 Å². The Balaban J connectivity index is 1.55. The Hall–Kier alpha value is -3.76. The first-order valence-electron chi connectivity index (χ1n) is 9.36. The maximum Gasteiger partial charge on any atom is 0.416 e. The smallest absolute Gasteiger partial charge is 0.345 e. The molecule has 0 atom stereocenters. The van der Waals surface area contributed by atoms with Gasteiger partial charge in [-0.25, -0.2) is 0 Å². The predicted molar refractivity (Wildman–Crippen MR) is 106 cm³/mol. The quantitative estimate of drug-likeness (QED) is 0.598. The maximum absolute atomic E-state index is 12.8. The number of aromatic nitrogens is 4. The molecule has 1 heterocycles. The fourth-order valence-electron chi connectivity index (χ4n) is 2.77. The van der Waals surface area contributed by atoms with Crippen molar-refractivity contribution in [3.8, 4) is 11.4 Å². The second-order valence-corrected chi connectivity index (χ2v) is 6.56. The Morgan fingerprint density at radius 3 is 2.58 bits per heavy atom. The molecule has 0 bridgehead atoms. The number of nitrogens with zero attached hydrogens (tertiary/aromatic N) is 4. The number of halogens is 3. The van der Waals surface area contributed by atoms with Crippen molar-refractivity contribution >= 4 is 17.5 Å². The molecule has 0 aliphatic rings. The third-order valence-corrected chi connectivity index (χ3v) is 4.30. The summed E-state index contributed by atoms with van der Waals surface area (Å²) in [5, 5.41) is 16.5. The van der Waals surface area contributed by atoms with Crippen LogP contribution in [0, 0.1) is 0 Å². The minimum atomic E-state index is -4.50. The fraction of sp³-hybridized carbons (Fsp3) is 0.250. The molecule has 0 saturated heterocycles. The van der Waals surface area contributed by atoms with Gasteiger partial charge in [0.15, 0.2) is 0 Å². The molecule has 0 fully saturated rings. The Kier molecular flexibility index (Phi) is 6.63. The molecule has 31 heavy (non-hydrogen) atoms. The first-order valence-corrected chi connectivity index (χ1v) is 9.36. The number of para-hydroxylation sites is 1. The average molecular weight is 432 g/mol. The van der Waals surface area contributed by atoms with E-state index in [0.717, 1.165) is 28.9 Å². The van der Waals surface area contributed by atoms with Crippen LogP contribution in [0.2, 0.25) is 0 Å². The number of carbonyl (C=O) groups is 2. The molecule has 3 aromatic rings. The zero-order valence-corrected chi connectivity index (χ0v) is 16.5. The van der Waals surface area contributed by atoms with Crippen molar-refractivity contribution in [1.29, 1.82) is 0 Å². The molecule has 0 aliphatic carbocycles. The highest BCUT2D eigenvalue weighted by Crippen LogP contribution is 2.31. The van der Waals surface area contributed by atoms with E-state index < -0.39 is 23.6 Å².